The number of rotatable bonds is 5. The summed E-state index contributed by atoms with van der Waals surface area (Å²) in [6.07, 6.45) is 1.92. The molecule has 1 aliphatic carbocycles. The molecule has 0 aliphatic heterocycles. The van der Waals surface area contributed by atoms with Crippen LogP contribution in [0.4, 0.5) is 0 Å². The molecule has 5 nitrogen and oxygen atoms in total. The summed E-state index contributed by atoms with van der Waals surface area (Å²) in [6, 6.07) is 41.2. The van der Waals surface area contributed by atoms with Gasteiger partial charge < -0.3 is 0 Å². The van der Waals surface area contributed by atoms with Crippen LogP contribution >= 0.6 is 0 Å². The van der Waals surface area contributed by atoms with Gasteiger partial charge in [-0.3, -0.25) is 0 Å². The summed E-state index contributed by atoms with van der Waals surface area (Å²) in [5.41, 5.74) is 12.0. The fourth-order valence-corrected chi connectivity index (χ4v) is 9.86. The zero-order valence-corrected chi connectivity index (χ0v) is 33.8. The van der Waals surface area contributed by atoms with Crippen LogP contribution in [0, 0.1) is 23.1 Å². The summed E-state index contributed by atoms with van der Waals surface area (Å²) in [4.78, 5) is 4.97. The summed E-state index contributed by atoms with van der Waals surface area (Å²) >= 11 is 2.45. The SMILES string of the molecule is Cc1ccc(-n2[c](=[Pt])n(-c3cccc(Oc4ccc5c6ccc7c(c6n(-c6cc(C)ccn6)c5c4)C(C)(C)C(C)(C)C7(C)C)c3)c3ccccc32)cc1. The van der Waals surface area contributed by atoms with Crippen LogP contribution in [0.2, 0.25) is 0 Å². The zero-order chi connectivity index (χ0) is 37.0. The maximum absolute atomic E-state index is 6.76. The van der Waals surface area contributed by atoms with Gasteiger partial charge in [0.1, 0.15) is 0 Å². The molecule has 0 bridgehead atoms. The van der Waals surface area contributed by atoms with Gasteiger partial charge in [0.15, 0.2) is 0 Å². The predicted molar refractivity (Wildman–Crippen MR) is 214 cm³/mol. The number of nitrogens with zero attached hydrogens (tertiary/aromatic N) is 4. The van der Waals surface area contributed by atoms with Crippen LogP contribution in [0.1, 0.15) is 63.8 Å². The van der Waals surface area contributed by atoms with Crippen molar-refractivity contribution in [3.63, 3.8) is 0 Å². The van der Waals surface area contributed by atoms with E-state index >= 15 is 0 Å². The Labute approximate surface area is 321 Å². The number of benzene rings is 5. The molecule has 0 atom stereocenters. The molecule has 5 aromatic carbocycles. The monoisotopic (exact) mass is 875 g/mol. The number of hydrogen-bond acceptors (Lipinski definition) is 2. The Morgan fingerprint density at radius 1 is 0.566 bits per heavy atom. The van der Waals surface area contributed by atoms with Crippen molar-refractivity contribution in [3.8, 4) is 28.7 Å². The number of hydrogen-bond donors (Lipinski definition) is 0. The molecule has 6 heteroatoms. The molecule has 0 spiro atoms. The standard InChI is InChI=1S/C47H44N4O.Pt/c1-30-16-18-32(19-17-30)49-29-50(40-15-10-9-14-39(40)49)33-12-11-13-34(27-33)52-35-20-21-36-37-22-23-38-43(46(5,6)47(7,8)45(38,3)4)44(37)51(41(36)28-35)42-26-31(2)24-25-48-42;/h9-28H,1-8H3;. The van der Waals surface area contributed by atoms with Gasteiger partial charge in [0.2, 0.25) is 0 Å². The fraction of sp³-hybridized carbons (Fsp3) is 0.234. The average Bonchev–Trinajstić information content (AvgIpc) is 3.65. The summed E-state index contributed by atoms with van der Waals surface area (Å²) in [5, 5.41) is 2.44. The fourth-order valence-electron chi connectivity index (χ4n) is 8.73. The van der Waals surface area contributed by atoms with Gasteiger partial charge in [-0.1, -0.05) is 47.6 Å². The van der Waals surface area contributed by atoms with Crippen LogP contribution in [0.25, 0.3) is 50.0 Å². The molecule has 0 saturated heterocycles. The van der Waals surface area contributed by atoms with E-state index in [1.54, 1.807) is 0 Å². The third-order valence-electron chi connectivity index (χ3n) is 12.8. The Kier molecular flexibility index (Phi) is 7.50. The van der Waals surface area contributed by atoms with Gasteiger partial charge in [0.05, 0.1) is 0 Å². The topological polar surface area (TPSA) is 36.9 Å². The van der Waals surface area contributed by atoms with E-state index in [4.69, 9.17) is 9.72 Å². The number of para-hydroxylation sites is 2. The van der Waals surface area contributed by atoms with Crippen molar-refractivity contribution in [2.45, 2.75) is 66.2 Å². The van der Waals surface area contributed by atoms with Crippen LogP contribution < -0.4 is 4.74 Å². The second-order valence-corrected chi connectivity index (χ2v) is 17.3. The Morgan fingerprint density at radius 3 is 1.96 bits per heavy atom. The first kappa shape index (κ1) is 33.8. The minimum atomic E-state index is -0.0845. The van der Waals surface area contributed by atoms with Crippen LogP contribution in [0.5, 0.6) is 11.5 Å². The third kappa shape index (κ3) is 4.86. The molecule has 3 aromatic heterocycles. The first-order valence-electron chi connectivity index (χ1n) is 18.4. The third-order valence-corrected chi connectivity index (χ3v) is 13.8. The molecule has 3 heterocycles. The van der Waals surface area contributed by atoms with Crippen molar-refractivity contribution in [3.05, 3.63) is 148 Å². The second-order valence-electron chi connectivity index (χ2n) is 16.3. The number of aromatic nitrogens is 4. The minimum absolute atomic E-state index is 0.0110. The number of aryl methyl sites for hydroxylation is 2. The first-order valence-corrected chi connectivity index (χ1v) is 19.5. The molecule has 53 heavy (non-hydrogen) atoms. The van der Waals surface area contributed by atoms with Crippen molar-refractivity contribution in [2.24, 2.45) is 5.41 Å². The number of pyridine rings is 1. The van der Waals surface area contributed by atoms with Crippen LogP contribution in [0.3, 0.4) is 0 Å². The van der Waals surface area contributed by atoms with Crippen LogP contribution in [0.15, 0.2) is 121 Å². The van der Waals surface area contributed by atoms with Crippen molar-refractivity contribution in [2.75, 3.05) is 0 Å². The molecule has 0 N–H and O–H groups in total. The Morgan fingerprint density at radius 2 is 1.25 bits per heavy atom. The van der Waals surface area contributed by atoms with E-state index in [2.05, 4.69) is 198 Å². The molecule has 8 aromatic rings. The average molecular weight is 876 g/mol. The number of ether oxygens (including phenoxy) is 1. The summed E-state index contributed by atoms with van der Waals surface area (Å²) < 4.78 is 14.9. The van der Waals surface area contributed by atoms with Gasteiger partial charge in [0.25, 0.3) is 0 Å². The second kappa shape index (κ2) is 11.8. The van der Waals surface area contributed by atoms with Crippen molar-refractivity contribution in [1.29, 1.82) is 0 Å². The maximum atomic E-state index is 6.76. The molecular weight excluding hydrogens is 832 g/mol. The van der Waals surface area contributed by atoms with E-state index in [1.165, 1.54) is 38.5 Å². The van der Waals surface area contributed by atoms with Crippen LogP contribution in [-0.2, 0) is 30.2 Å². The summed E-state index contributed by atoms with van der Waals surface area (Å²) in [6.45, 7) is 18.8. The molecule has 9 rings (SSSR count). The normalized spacial score (nSPS) is 15.7. The van der Waals surface area contributed by atoms with Crippen molar-refractivity contribution >= 4 is 32.8 Å². The summed E-state index contributed by atoms with van der Waals surface area (Å²) in [7, 11) is 0. The van der Waals surface area contributed by atoms with Gasteiger partial charge >= 0.3 is 229 Å². The van der Waals surface area contributed by atoms with Crippen LogP contribution in [-0.4, -0.2) is 18.7 Å². The molecule has 0 amide bonds. The number of fused-ring (bicyclic) bond motifs is 6. The van der Waals surface area contributed by atoms with Crippen molar-refractivity contribution < 1.29 is 24.1 Å². The first-order chi connectivity index (χ1) is 25.3. The van der Waals surface area contributed by atoms with E-state index in [0.717, 1.165) is 49.0 Å². The van der Waals surface area contributed by atoms with E-state index in [0.29, 0.717) is 0 Å². The van der Waals surface area contributed by atoms with E-state index in [-0.39, 0.29) is 16.2 Å². The summed E-state index contributed by atoms with van der Waals surface area (Å²) in [5.74, 6) is 2.48. The van der Waals surface area contributed by atoms with Gasteiger partial charge in [-0.15, -0.1) is 0 Å². The quantitative estimate of drug-likeness (QED) is 0.173. The molecular formula is C47H44N4OPt. The van der Waals surface area contributed by atoms with E-state index < -0.39 is 0 Å². The van der Waals surface area contributed by atoms with E-state index in [9.17, 15) is 0 Å². The Hall–Kier alpha value is -4.99. The zero-order valence-electron chi connectivity index (χ0n) is 31.6. The van der Waals surface area contributed by atoms with Crippen molar-refractivity contribution in [1.82, 2.24) is 18.7 Å². The Balaban J connectivity index is 1.20. The van der Waals surface area contributed by atoms with Gasteiger partial charge in [0, 0.05) is 6.20 Å². The molecule has 0 unspecified atom stereocenters. The predicted octanol–water partition coefficient (Wildman–Crippen LogP) is 12.0. The van der Waals surface area contributed by atoms with Gasteiger partial charge in [-0.25, -0.2) is 0 Å². The molecule has 0 fully saturated rings. The molecule has 0 saturated carbocycles. The molecule has 268 valence electrons. The molecule has 0 radical (unpaired) electrons. The van der Waals surface area contributed by atoms with Gasteiger partial charge in [-0.05, 0) is 40.4 Å². The van der Waals surface area contributed by atoms with E-state index in [1.807, 2.05) is 12.3 Å². The number of imidazole rings is 1. The molecule has 1 aliphatic rings. The van der Waals surface area contributed by atoms with Gasteiger partial charge in [-0.2, -0.15) is 0 Å². The Bertz CT molecular complexity index is 2830.